The molecule has 2 saturated heterocycles. The number of carboxylic acids is 1. The van der Waals surface area contributed by atoms with Crippen molar-refractivity contribution in [3.8, 4) is 0 Å². The average Bonchev–Trinajstić information content (AvgIpc) is 2.18. The van der Waals surface area contributed by atoms with Crippen molar-refractivity contribution in [2.75, 3.05) is 33.2 Å². The second kappa shape index (κ2) is 4.49. The van der Waals surface area contributed by atoms with Gasteiger partial charge in [-0.3, -0.25) is 9.69 Å². The van der Waals surface area contributed by atoms with Crippen LogP contribution >= 0.6 is 0 Å². The van der Waals surface area contributed by atoms with Crippen LogP contribution in [0.5, 0.6) is 0 Å². The normalized spacial score (nSPS) is 33.7. The van der Waals surface area contributed by atoms with Crippen LogP contribution in [0.1, 0.15) is 19.3 Å². The molecule has 4 heteroatoms. The Bertz CT molecular complexity index is 245. The maximum Gasteiger partial charge on any atom is 0.303 e. The lowest BCUT2D eigenvalue weighted by molar-refractivity contribution is -0.139. The summed E-state index contributed by atoms with van der Waals surface area (Å²) in [6.07, 6.45) is 2.59. The number of hydrogen-bond donors (Lipinski definition) is 1. The standard InChI is InChI=1S/C11H20N2O2/c1-12-5-6-13-4-2-3-9(7-11(14)15)10(13)8-12/h9-10H,2-8H2,1H3,(H,14,15). The molecule has 2 heterocycles. The molecule has 2 fully saturated rings. The molecule has 0 saturated carbocycles. The Morgan fingerprint density at radius 1 is 1.40 bits per heavy atom. The zero-order valence-electron chi connectivity index (χ0n) is 9.35. The van der Waals surface area contributed by atoms with Gasteiger partial charge in [0, 0.05) is 32.1 Å². The van der Waals surface area contributed by atoms with E-state index in [2.05, 4.69) is 16.8 Å². The van der Waals surface area contributed by atoms with Crippen LogP contribution in [0.15, 0.2) is 0 Å². The third-order valence-electron chi connectivity index (χ3n) is 3.74. The van der Waals surface area contributed by atoms with Crippen molar-refractivity contribution < 1.29 is 9.90 Å². The third-order valence-corrected chi connectivity index (χ3v) is 3.74. The summed E-state index contributed by atoms with van der Waals surface area (Å²) in [5.74, 6) is -0.283. The SMILES string of the molecule is CN1CCN2CCCC(CC(=O)O)C2C1. The maximum atomic E-state index is 10.8. The van der Waals surface area contributed by atoms with Crippen molar-refractivity contribution >= 4 is 5.97 Å². The Kier molecular flexibility index (Phi) is 3.26. The van der Waals surface area contributed by atoms with Crippen LogP contribution in [0, 0.1) is 5.92 Å². The first-order valence-corrected chi connectivity index (χ1v) is 5.81. The summed E-state index contributed by atoms with van der Waals surface area (Å²) < 4.78 is 0. The number of fused-ring (bicyclic) bond motifs is 1. The van der Waals surface area contributed by atoms with Gasteiger partial charge in [-0.2, -0.15) is 0 Å². The van der Waals surface area contributed by atoms with E-state index < -0.39 is 5.97 Å². The fourth-order valence-corrected chi connectivity index (χ4v) is 2.93. The smallest absolute Gasteiger partial charge is 0.303 e. The van der Waals surface area contributed by atoms with Crippen LogP contribution in [-0.2, 0) is 4.79 Å². The van der Waals surface area contributed by atoms with Gasteiger partial charge >= 0.3 is 5.97 Å². The van der Waals surface area contributed by atoms with E-state index in [0.29, 0.717) is 18.4 Å². The summed E-state index contributed by atoms with van der Waals surface area (Å²) in [5, 5.41) is 8.89. The van der Waals surface area contributed by atoms with E-state index >= 15 is 0 Å². The lowest BCUT2D eigenvalue weighted by Gasteiger charge is -2.46. The van der Waals surface area contributed by atoms with Gasteiger partial charge < -0.3 is 10.0 Å². The van der Waals surface area contributed by atoms with Crippen LogP contribution in [0.3, 0.4) is 0 Å². The molecule has 2 unspecified atom stereocenters. The number of nitrogens with zero attached hydrogens (tertiary/aromatic N) is 2. The minimum absolute atomic E-state index is 0.342. The van der Waals surface area contributed by atoms with Crippen LogP contribution in [0.25, 0.3) is 0 Å². The predicted octanol–water partition coefficient (Wildman–Crippen LogP) is 0.487. The molecule has 0 radical (unpaired) electrons. The molecule has 15 heavy (non-hydrogen) atoms. The number of piperazine rings is 1. The first-order valence-electron chi connectivity index (χ1n) is 5.81. The van der Waals surface area contributed by atoms with Crippen LogP contribution < -0.4 is 0 Å². The van der Waals surface area contributed by atoms with Gasteiger partial charge in [-0.15, -0.1) is 0 Å². The first kappa shape index (κ1) is 10.9. The van der Waals surface area contributed by atoms with Crippen molar-refractivity contribution in [2.45, 2.75) is 25.3 Å². The molecule has 0 spiro atoms. The van der Waals surface area contributed by atoms with Crippen LogP contribution in [-0.4, -0.2) is 60.1 Å². The molecule has 2 atom stereocenters. The summed E-state index contributed by atoms with van der Waals surface area (Å²) >= 11 is 0. The minimum Gasteiger partial charge on any atom is -0.481 e. The highest BCUT2D eigenvalue weighted by molar-refractivity contribution is 5.67. The van der Waals surface area contributed by atoms with E-state index in [9.17, 15) is 4.79 Å². The molecular formula is C11H20N2O2. The summed E-state index contributed by atoms with van der Waals surface area (Å²) in [5.41, 5.74) is 0. The topological polar surface area (TPSA) is 43.8 Å². The Morgan fingerprint density at radius 3 is 2.93 bits per heavy atom. The molecule has 2 aliphatic rings. The van der Waals surface area contributed by atoms with Crippen LogP contribution in [0.4, 0.5) is 0 Å². The van der Waals surface area contributed by atoms with Gasteiger partial charge in [0.05, 0.1) is 0 Å². The van der Waals surface area contributed by atoms with E-state index in [-0.39, 0.29) is 0 Å². The van der Waals surface area contributed by atoms with E-state index in [1.165, 1.54) is 0 Å². The second-order valence-corrected chi connectivity index (χ2v) is 4.87. The number of rotatable bonds is 2. The molecular weight excluding hydrogens is 192 g/mol. The highest BCUT2D eigenvalue weighted by Gasteiger charge is 2.35. The maximum absolute atomic E-state index is 10.8. The van der Waals surface area contributed by atoms with Gasteiger partial charge in [-0.1, -0.05) is 0 Å². The molecule has 86 valence electrons. The van der Waals surface area contributed by atoms with Crippen LogP contribution in [0.2, 0.25) is 0 Å². The number of aliphatic carboxylic acids is 1. The number of hydrogen-bond acceptors (Lipinski definition) is 3. The van der Waals surface area contributed by atoms with Crippen molar-refractivity contribution in [1.29, 1.82) is 0 Å². The monoisotopic (exact) mass is 212 g/mol. The van der Waals surface area contributed by atoms with E-state index in [4.69, 9.17) is 5.11 Å². The number of likely N-dealkylation sites (N-methyl/N-ethyl adjacent to an activating group) is 1. The summed E-state index contributed by atoms with van der Waals surface area (Å²) in [6, 6.07) is 0.480. The molecule has 1 N–H and O–H groups in total. The molecule has 0 aromatic carbocycles. The predicted molar refractivity (Wildman–Crippen MR) is 57.8 cm³/mol. The van der Waals surface area contributed by atoms with Gasteiger partial charge in [-0.05, 0) is 32.4 Å². The van der Waals surface area contributed by atoms with Crippen molar-refractivity contribution in [2.24, 2.45) is 5.92 Å². The number of piperidine rings is 1. The Balaban J connectivity index is 2.00. The Labute approximate surface area is 90.9 Å². The molecule has 0 bridgehead atoms. The molecule has 0 amide bonds. The minimum atomic E-state index is -0.643. The van der Waals surface area contributed by atoms with E-state index in [0.717, 1.165) is 39.0 Å². The molecule has 0 aromatic heterocycles. The Hall–Kier alpha value is -0.610. The Morgan fingerprint density at radius 2 is 2.20 bits per heavy atom. The average molecular weight is 212 g/mol. The van der Waals surface area contributed by atoms with Crippen molar-refractivity contribution in [3.63, 3.8) is 0 Å². The number of carboxylic acid groups (broad SMARTS) is 1. The van der Waals surface area contributed by atoms with Gasteiger partial charge in [0.15, 0.2) is 0 Å². The van der Waals surface area contributed by atoms with E-state index in [1.54, 1.807) is 0 Å². The molecule has 0 aliphatic carbocycles. The van der Waals surface area contributed by atoms with E-state index in [1.807, 2.05) is 0 Å². The number of carbonyl (C=O) groups is 1. The fourth-order valence-electron chi connectivity index (χ4n) is 2.93. The largest absolute Gasteiger partial charge is 0.481 e. The highest BCUT2D eigenvalue weighted by Crippen LogP contribution is 2.28. The lowest BCUT2D eigenvalue weighted by atomic mass is 9.85. The summed E-state index contributed by atoms with van der Waals surface area (Å²) in [6.45, 7) is 4.43. The van der Waals surface area contributed by atoms with Gasteiger partial charge in [0.25, 0.3) is 0 Å². The van der Waals surface area contributed by atoms with Gasteiger partial charge in [0.2, 0.25) is 0 Å². The second-order valence-electron chi connectivity index (χ2n) is 4.87. The zero-order chi connectivity index (χ0) is 10.8. The molecule has 2 aliphatic heterocycles. The zero-order valence-corrected chi connectivity index (χ0v) is 9.35. The van der Waals surface area contributed by atoms with Crippen molar-refractivity contribution in [3.05, 3.63) is 0 Å². The highest BCUT2D eigenvalue weighted by atomic mass is 16.4. The summed E-state index contributed by atoms with van der Waals surface area (Å²) in [7, 11) is 2.13. The van der Waals surface area contributed by atoms with Crippen molar-refractivity contribution in [1.82, 2.24) is 9.80 Å². The quantitative estimate of drug-likeness (QED) is 0.723. The first-order chi connectivity index (χ1) is 7.16. The molecule has 2 rings (SSSR count). The molecule has 4 nitrogen and oxygen atoms in total. The lowest BCUT2D eigenvalue weighted by Crippen LogP contribution is -2.57. The fraction of sp³-hybridized carbons (Fsp3) is 0.909. The van der Waals surface area contributed by atoms with Gasteiger partial charge in [0.1, 0.15) is 0 Å². The molecule has 0 aromatic rings. The summed E-state index contributed by atoms with van der Waals surface area (Å²) in [4.78, 5) is 15.6. The van der Waals surface area contributed by atoms with Gasteiger partial charge in [-0.25, -0.2) is 0 Å². The third kappa shape index (κ3) is 2.49.